The van der Waals surface area contributed by atoms with Gasteiger partial charge in [-0.1, -0.05) is 6.07 Å². The van der Waals surface area contributed by atoms with E-state index in [-0.39, 0.29) is 5.91 Å². The highest BCUT2D eigenvalue weighted by Gasteiger charge is 2.19. The second-order valence-electron chi connectivity index (χ2n) is 5.69. The predicted molar refractivity (Wildman–Crippen MR) is 89.2 cm³/mol. The highest BCUT2D eigenvalue weighted by molar-refractivity contribution is 5.83. The summed E-state index contributed by atoms with van der Waals surface area (Å²) in [7, 11) is 3.59. The molecule has 0 saturated carbocycles. The van der Waals surface area contributed by atoms with Gasteiger partial charge in [0.05, 0.1) is 6.20 Å². The minimum absolute atomic E-state index is 0.0666. The Hall–Kier alpha value is -2.54. The first-order chi connectivity index (χ1) is 11.7. The van der Waals surface area contributed by atoms with E-state index in [9.17, 15) is 4.79 Å². The standard InChI is InChI=1S/C17H22N4O3/c1-18-16(13-10-20-21(2)11-13)17(22)19-6-5-12-3-4-14-15(9-12)24-8-7-23-14/h3-4,9-11,16,18H,5-8H2,1-2H3,(H,19,22). The Morgan fingerprint density at radius 2 is 2.12 bits per heavy atom. The van der Waals surface area contributed by atoms with E-state index in [4.69, 9.17) is 9.47 Å². The third-order valence-electron chi connectivity index (χ3n) is 3.93. The monoisotopic (exact) mass is 330 g/mol. The number of likely N-dealkylation sites (N-methyl/N-ethyl adjacent to an activating group) is 1. The van der Waals surface area contributed by atoms with Crippen LogP contribution >= 0.6 is 0 Å². The van der Waals surface area contributed by atoms with E-state index in [1.165, 1.54) is 0 Å². The minimum atomic E-state index is -0.404. The lowest BCUT2D eigenvalue weighted by Crippen LogP contribution is -2.36. The maximum atomic E-state index is 12.4. The quantitative estimate of drug-likeness (QED) is 0.820. The minimum Gasteiger partial charge on any atom is -0.486 e. The molecule has 0 bridgehead atoms. The number of aryl methyl sites for hydroxylation is 1. The fourth-order valence-electron chi connectivity index (χ4n) is 2.71. The molecule has 2 N–H and O–H groups in total. The second kappa shape index (κ2) is 7.35. The van der Waals surface area contributed by atoms with Crippen molar-refractivity contribution in [2.75, 3.05) is 26.8 Å². The first kappa shape index (κ1) is 16.3. The Kier molecular flexibility index (Phi) is 5.00. The smallest absolute Gasteiger partial charge is 0.241 e. The van der Waals surface area contributed by atoms with Crippen LogP contribution in [0.15, 0.2) is 30.6 Å². The molecule has 7 heteroatoms. The first-order valence-electron chi connectivity index (χ1n) is 7.99. The van der Waals surface area contributed by atoms with Crippen LogP contribution in [0.5, 0.6) is 11.5 Å². The molecule has 24 heavy (non-hydrogen) atoms. The van der Waals surface area contributed by atoms with E-state index in [2.05, 4.69) is 15.7 Å². The predicted octanol–water partition coefficient (Wildman–Crippen LogP) is 0.811. The number of carbonyl (C=O) groups is 1. The summed E-state index contributed by atoms with van der Waals surface area (Å²) >= 11 is 0. The Balaban J connectivity index is 1.54. The molecule has 0 spiro atoms. The molecule has 1 aliphatic rings. The Morgan fingerprint density at radius 3 is 2.83 bits per heavy atom. The number of amides is 1. The van der Waals surface area contributed by atoms with E-state index in [1.807, 2.05) is 31.4 Å². The van der Waals surface area contributed by atoms with E-state index >= 15 is 0 Å². The number of carbonyl (C=O) groups excluding carboxylic acids is 1. The lowest BCUT2D eigenvalue weighted by Gasteiger charge is -2.19. The third-order valence-corrected chi connectivity index (χ3v) is 3.93. The molecule has 1 amide bonds. The second-order valence-corrected chi connectivity index (χ2v) is 5.69. The van der Waals surface area contributed by atoms with Crippen molar-refractivity contribution in [3.8, 4) is 11.5 Å². The van der Waals surface area contributed by atoms with Crippen molar-refractivity contribution in [1.29, 1.82) is 0 Å². The van der Waals surface area contributed by atoms with Crippen LogP contribution in [0.4, 0.5) is 0 Å². The van der Waals surface area contributed by atoms with Crippen molar-refractivity contribution in [2.45, 2.75) is 12.5 Å². The molecule has 1 unspecified atom stereocenters. The largest absolute Gasteiger partial charge is 0.486 e. The van der Waals surface area contributed by atoms with Gasteiger partial charge in [-0.05, 0) is 31.2 Å². The van der Waals surface area contributed by atoms with Crippen molar-refractivity contribution in [3.05, 3.63) is 41.7 Å². The van der Waals surface area contributed by atoms with Crippen molar-refractivity contribution in [3.63, 3.8) is 0 Å². The molecule has 1 atom stereocenters. The average Bonchev–Trinajstić information content (AvgIpc) is 3.01. The van der Waals surface area contributed by atoms with Crippen LogP contribution in [0.25, 0.3) is 0 Å². The SMILES string of the molecule is CNC(C(=O)NCCc1ccc2c(c1)OCCO2)c1cnn(C)c1. The Labute approximate surface area is 140 Å². The number of aromatic nitrogens is 2. The van der Waals surface area contributed by atoms with Crippen molar-refractivity contribution < 1.29 is 14.3 Å². The van der Waals surface area contributed by atoms with Gasteiger partial charge in [-0.15, -0.1) is 0 Å². The maximum absolute atomic E-state index is 12.4. The van der Waals surface area contributed by atoms with Gasteiger partial charge in [0.1, 0.15) is 19.3 Å². The summed E-state index contributed by atoms with van der Waals surface area (Å²) in [6.07, 6.45) is 4.26. The van der Waals surface area contributed by atoms with Gasteiger partial charge >= 0.3 is 0 Å². The molecule has 2 aromatic rings. The van der Waals surface area contributed by atoms with E-state index in [0.717, 1.165) is 29.0 Å². The molecule has 3 rings (SSSR count). The average molecular weight is 330 g/mol. The lowest BCUT2D eigenvalue weighted by molar-refractivity contribution is -0.123. The van der Waals surface area contributed by atoms with Crippen LogP contribution in [0.2, 0.25) is 0 Å². The molecule has 0 fully saturated rings. The molecule has 7 nitrogen and oxygen atoms in total. The topological polar surface area (TPSA) is 77.4 Å². The van der Waals surface area contributed by atoms with Crippen LogP contribution in [-0.4, -0.2) is 42.5 Å². The first-order valence-corrected chi connectivity index (χ1v) is 7.99. The number of nitrogens with one attached hydrogen (secondary N) is 2. The number of benzene rings is 1. The Bertz CT molecular complexity index is 714. The van der Waals surface area contributed by atoms with Gasteiger partial charge < -0.3 is 20.1 Å². The van der Waals surface area contributed by atoms with Gasteiger partial charge in [0.25, 0.3) is 0 Å². The van der Waals surface area contributed by atoms with Gasteiger partial charge in [0.15, 0.2) is 11.5 Å². The van der Waals surface area contributed by atoms with E-state index in [1.54, 1.807) is 17.9 Å². The fourth-order valence-corrected chi connectivity index (χ4v) is 2.71. The molecule has 0 aliphatic carbocycles. The zero-order valence-corrected chi connectivity index (χ0v) is 13.9. The number of fused-ring (bicyclic) bond motifs is 1. The molecular formula is C17H22N4O3. The molecule has 0 saturated heterocycles. The molecule has 128 valence electrons. The molecule has 1 aromatic carbocycles. The van der Waals surface area contributed by atoms with Crippen LogP contribution in [0.1, 0.15) is 17.2 Å². The number of hydrogen-bond acceptors (Lipinski definition) is 5. The zero-order chi connectivity index (χ0) is 16.9. The highest BCUT2D eigenvalue weighted by atomic mass is 16.6. The number of ether oxygens (including phenoxy) is 2. The summed E-state index contributed by atoms with van der Waals surface area (Å²) in [5.41, 5.74) is 1.94. The van der Waals surface area contributed by atoms with Gasteiger partial charge in [-0.2, -0.15) is 5.10 Å². The molecule has 1 aromatic heterocycles. The van der Waals surface area contributed by atoms with Crippen LogP contribution in [-0.2, 0) is 18.3 Å². The summed E-state index contributed by atoms with van der Waals surface area (Å²) in [6, 6.07) is 5.48. The van der Waals surface area contributed by atoms with E-state index < -0.39 is 6.04 Å². The molecular weight excluding hydrogens is 308 g/mol. The normalized spacial score (nSPS) is 14.2. The van der Waals surface area contributed by atoms with Crippen molar-refractivity contribution in [1.82, 2.24) is 20.4 Å². The third kappa shape index (κ3) is 3.68. The van der Waals surface area contributed by atoms with Gasteiger partial charge in [0.2, 0.25) is 5.91 Å². The number of nitrogens with zero attached hydrogens (tertiary/aromatic N) is 2. The lowest BCUT2D eigenvalue weighted by atomic mass is 10.1. The van der Waals surface area contributed by atoms with Gasteiger partial charge in [-0.3, -0.25) is 9.48 Å². The van der Waals surface area contributed by atoms with Crippen molar-refractivity contribution >= 4 is 5.91 Å². The Morgan fingerprint density at radius 1 is 1.33 bits per heavy atom. The van der Waals surface area contributed by atoms with Gasteiger partial charge in [-0.25, -0.2) is 0 Å². The van der Waals surface area contributed by atoms with Crippen LogP contribution in [0.3, 0.4) is 0 Å². The summed E-state index contributed by atoms with van der Waals surface area (Å²) < 4.78 is 12.8. The summed E-state index contributed by atoms with van der Waals surface area (Å²) in [5.74, 6) is 1.48. The van der Waals surface area contributed by atoms with Crippen LogP contribution < -0.4 is 20.1 Å². The summed E-state index contributed by atoms with van der Waals surface area (Å²) in [6.45, 7) is 1.71. The van der Waals surface area contributed by atoms with Crippen molar-refractivity contribution in [2.24, 2.45) is 7.05 Å². The van der Waals surface area contributed by atoms with E-state index in [0.29, 0.717) is 19.8 Å². The fraction of sp³-hybridized carbons (Fsp3) is 0.412. The summed E-state index contributed by atoms with van der Waals surface area (Å²) in [4.78, 5) is 12.4. The number of hydrogen-bond donors (Lipinski definition) is 2. The summed E-state index contributed by atoms with van der Waals surface area (Å²) in [5, 5.41) is 10.1. The maximum Gasteiger partial charge on any atom is 0.241 e. The van der Waals surface area contributed by atoms with Gasteiger partial charge in [0, 0.05) is 25.4 Å². The zero-order valence-electron chi connectivity index (χ0n) is 13.9. The molecule has 2 heterocycles. The number of rotatable bonds is 6. The van der Waals surface area contributed by atoms with Crippen LogP contribution in [0, 0.1) is 0 Å². The molecule has 0 radical (unpaired) electrons. The molecule has 1 aliphatic heterocycles. The highest BCUT2D eigenvalue weighted by Crippen LogP contribution is 2.30.